The number of nitrogens with one attached hydrogen (secondary N) is 1. The van der Waals surface area contributed by atoms with E-state index in [0.717, 1.165) is 11.0 Å². The molecule has 0 aliphatic heterocycles. The number of aryl methyl sites for hydroxylation is 2. The third-order valence-corrected chi connectivity index (χ3v) is 3.86. The number of aromatic nitrogens is 2. The molecule has 0 unspecified atom stereocenters. The van der Waals surface area contributed by atoms with Crippen LogP contribution < -0.4 is 5.32 Å². The maximum absolute atomic E-state index is 12.6. The second-order valence-electron chi connectivity index (χ2n) is 5.35. The number of nitro groups is 1. The molecule has 0 aliphatic rings. The van der Waals surface area contributed by atoms with Gasteiger partial charge in [-0.15, -0.1) is 0 Å². The van der Waals surface area contributed by atoms with Gasteiger partial charge in [0.1, 0.15) is 5.56 Å². The fraction of sp³-hybridized carbons (Fsp3) is 0.176. The molecular formula is C17H16N4O3. The van der Waals surface area contributed by atoms with Crippen molar-refractivity contribution in [1.29, 1.82) is 0 Å². The van der Waals surface area contributed by atoms with Crippen LogP contribution in [0.3, 0.4) is 0 Å². The molecule has 0 atom stereocenters. The molecule has 0 bridgehead atoms. The fourth-order valence-electron chi connectivity index (χ4n) is 2.74. The summed E-state index contributed by atoms with van der Waals surface area (Å²) in [4.78, 5) is 27.7. The number of benzene rings is 2. The summed E-state index contributed by atoms with van der Waals surface area (Å²) in [5.74, 6) is -0.171. The summed E-state index contributed by atoms with van der Waals surface area (Å²) < 4.78 is 1.86. The van der Waals surface area contributed by atoms with Crippen molar-refractivity contribution in [2.24, 2.45) is 0 Å². The van der Waals surface area contributed by atoms with Gasteiger partial charge in [0, 0.05) is 12.1 Å². The average Bonchev–Trinajstić information content (AvgIpc) is 2.91. The number of carbonyl (C=O) groups excluding carboxylic acids is 1. The summed E-state index contributed by atoms with van der Waals surface area (Å²) in [6.45, 7) is 4.17. The van der Waals surface area contributed by atoms with Crippen LogP contribution >= 0.6 is 0 Å². The van der Waals surface area contributed by atoms with Gasteiger partial charge in [0.2, 0.25) is 5.95 Å². The number of fused-ring (bicyclic) bond motifs is 1. The highest BCUT2D eigenvalue weighted by Gasteiger charge is 2.23. The van der Waals surface area contributed by atoms with E-state index < -0.39 is 10.8 Å². The maximum atomic E-state index is 12.6. The third-order valence-electron chi connectivity index (χ3n) is 3.86. The van der Waals surface area contributed by atoms with Crippen LogP contribution in [0.5, 0.6) is 0 Å². The highest BCUT2D eigenvalue weighted by molar-refractivity contribution is 6.07. The van der Waals surface area contributed by atoms with Gasteiger partial charge in [-0.2, -0.15) is 0 Å². The van der Waals surface area contributed by atoms with E-state index in [2.05, 4.69) is 10.3 Å². The second kappa shape index (κ2) is 6.11. The first-order valence-electron chi connectivity index (χ1n) is 7.53. The van der Waals surface area contributed by atoms with Gasteiger partial charge in [0.05, 0.1) is 16.0 Å². The molecule has 0 aliphatic carbocycles. The van der Waals surface area contributed by atoms with Gasteiger partial charge in [0.15, 0.2) is 0 Å². The molecule has 3 rings (SSSR count). The molecule has 1 heterocycles. The molecule has 7 heteroatoms. The van der Waals surface area contributed by atoms with Crippen LogP contribution in [0.15, 0.2) is 42.5 Å². The number of rotatable bonds is 4. The van der Waals surface area contributed by atoms with E-state index in [9.17, 15) is 14.9 Å². The van der Waals surface area contributed by atoms with Gasteiger partial charge >= 0.3 is 0 Å². The smallest absolute Gasteiger partial charge is 0.285 e. The number of nitro benzene ring substituents is 1. The van der Waals surface area contributed by atoms with Crippen molar-refractivity contribution in [2.75, 3.05) is 5.32 Å². The minimum Gasteiger partial charge on any atom is -0.310 e. The number of nitrogens with zero attached hydrogens (tertiary/aromatic N) is 3. The molecule has 3 aromatic rings. The summed E-state index contributed by atoms with van der Waals surface area (Å²) in [6.07, 6.45) is 0. The Hall–Kier alpha value is -3.22. The summed E-state index contributed by atoms with van der Waals surface area (Å²) in [5.41, 5.74) is 1.93. The van der Waals surface area contributed by atoms with Crippen LogP contribution in [0.25, 0.3) is 11.0 Å². The van der Waals surface area contributed by atoms with Crippen molar-refractivity contribution in [3.8, 4) is 0 Å². The van der Waals surface area contributed by atoms with Gasteiger partial charge in [-0.1, -0.05) is 24.3 Å². The minimum atomic E-state index is -0.546. The van der Waals surface area contributed by atoms with E-state index in [1.165, 1.54) is 6.07 Å². The van der Waals surface area contributed by atoms with E-state index in [4.69, 9.17) is 0 Å². The van der Waals surface area contributed by atoms with Crippen molar-refractivity contribution < 1.29 is 9.72 Å². The molecule has 0 fully saturated rings. The molecule has 122 valence electrons. The Labute approximate surface area is 138 Å². The van der Waals surface area contributed by atoms with Crippen LogP contribution in [-0.2, 0) is 6.54 Å². The van der Waals surface area contributed by atoms with Crippen LogP contribution in [0, 0.1) is 17.0 Å². The highest BCUT2D eigenvalue weighted by atomic mass is 16.6. The Balaban J connectivity index is 2.02. The fourth-order valence-corrected chi connectivity index (χ4v) is 2.74. The quantitative estimate of drug-likeness (QED) is 0.587. The maximum Gasteiger partial charge on any atom is 0.285 e. The van der Waals surface area contributed by atoms with Crippen LogP contribution in [0.1, 0.15) is 22.8 Å². The van der Waals surface area contributed by atoms with Crippen molar-refractivity contribution in [2.45, 2.75) is 20.4 Å². The Morgan fingerprint density at radius 1 is 1.25 bits per heavy atom. The Bertz CT molecular complexity index is 946. The van der Waals surface area contributed by atoms with Crippen molar-refractivity contribution in [3.05, 3.63) is 63.7 Å². The second-order valence-corrected chi connectivity index (χ2v) is 5.35. The van der Waals surface area contributed by atoms with Gasteiger partial charge < -0.3 is 4.57 Å². The molecule has 2 aromatic carbocycles. The number of hydrogen-bond donors (Lipinski definition) is 1. The molecule has 24 heavy (non-hydrogen) atoms. The number of anilines is 1. The molecule has 1 amide bonds. The van der Waals surface area contributed by atoms with E-state index in [1.54, 1.807) is 19.1 Å². The minimum absolute atomic E-state index is 0.0229. The Kier molecular flexibility index (Phi) is 3.99. The van der Waals surface area contributed by atoms with E-state index in [1.807, 2.05) is 35.8 Å². The van der Waals surface area contributed by atoms with Crippen molar-refractivity contribution in [3.63, 3.8) is 0 Å². The first-order chi connectivity index (χ1) is 11.5. The lowest BCUT2D eigenvalue weighted by atomic mass is 10.1. The molecule has 1 N–H and O–H groups in total. The van der Waals surface area contributed by atoms with E-state index in [0.29, 0.717) is 18.1 Å². The zero-order valence-electron chi connectivity index (χ0n) is 13.3. The molecule has 1 aromatic heterocycles. The number of amides is 1. The molecule has 0 saturated carbocycles. The summed E-state index contributed by atoms with van der Waals surface area (Å²) in [5, 5.41) is 14.0. The summed E-state index contributed by atoms with van der Waals surface area (Å²) in [7, 11) is 0. The van der Waals surface area contributed by atoms with Crippen LogP contribution in [0.4, 0.5) is 11.6 Å². The molecule has 7 nitrogen and oxygen atoms in total. The Morgan fingerprint density at radius 3 is 2.71 bits per heavy atom. The summed E-state index contributed by atoms with van der Waals surface area (Å²) in [6, 6.07) is 12.2. The topological polar surface area (TPSA) is 90.1 Å². The zero-order chi connectivity index (χ0) is 17.3. The lowest BCUT2D eigenvalue weighted by molar-refractivity contribution is -0.385. The van der Waals surface area contributed by atoms with Crippen molar-refractivity contribution >= 4 is 28.6 Å². The normalized spacial score (nSPS) is 10.8. The lowest BCUT2D eigenvalue weighted by Crippen LogP contribution is -2.17. The van der Waals surface area contributed by atoms with E-state index >= 15 is 0 Å². The van der Waals surface area contributed by atoms with Crippen molar-refractivity contribution in [1.82, 2.24) is 9.55 Å². The molecule has 0 radical (unpaired) electrons. The number of imidazole rings is 1. The Morgan fingerprint density at radius 2 is 2.00 bits per heavy atom. The average molecular weight is 324 g/mol. The number of carbonyl (C=O) groups is 1. The predicted octanol–water partition coefficient (Wildman–Crippen LogP) is 3.53. The monoisotopic (exact) mass is 324 g/mol. The van der Waals surface area contributed by atoms with Gasteiger partial charge in [0.25, 0.3) is 11.6 Å². The SMILES string of the molecule is CCn1c(NC(=O)c2cccc(C)c2[N+](=O)[O-])nc2ccccc21. The highest BCUT2D eigenvalue weighted by Crippen LogP contribution is 2.25. The van der Waals surface area contributed by atoms with Gasteiger partial charge in [-0.25, -0.2) is 4.98 Å². The largest absolute Gasteiger partial charge is 0.310 e. The standard InChI is InChI=1S/C17H16N4O3/c1-3-20-14-10-5-4-9-13(14)18-17(20)19-16(22)12-8-6-7-11(2)15(12)21(23)24/h4-10H,3H2,1-2H3,(H,18,19,22). The number of hydrogen-bond acceptors (Lipinski definition) is 4. The third kappa shape index (κ3) is 2.60. The van der Waals surface area contributed by atoms with Crippen LogP contribution in [-0.4, -0.2) is 20.4 Å². The van der Waals surface area contributed by atoms with Crippen LogP contribution in [0.2, 0.25) is 0 Å². The predicted molar refractivity (Wildman–Crippen MR) is 91.2 cm³/mol. The molecule has 0 spiro atoms. The number of para-hydroxylation sites is 3. The van der Waals surface area contributed by atoms with E-state index in [-0.39, 0.29) is 11.3 Å². The first kappa shape index (κ1) is 15.7. The lowest BCUT2D eigenvalue weighted by Gasteiger charge is -2.08. The molecular weight excluding hydrogens is 308 g/mol. The zero-order valence-corrected chi connectivity index (χ0v) is 13.3. The van der Waals surface area contributed by atoms with Gasteiger partial charge in [-0.3, -0.25) is 20.2 Å². The first-order valence-corrected chi connectivity index (χ1v) is 7.53. The summed E-state index contributed by atoms with van der Waals surface area (Å²) >= 11 is 0. The van der Waals surface area contributed by atoms with Gasteiger partial charge in [-0.05, 0) is 32.0 Å². The molecule has 0 saturated heterocycles.